The largest absolute Gasteiger partial charge is 0.488 e. The number of hydrogen-bond acceptors (Lipinski definition) is 3. The number of carboxylic acid groups (broad SMARTS) is 1. The standard InChI is InChI=1S/C29H28Cl2N2O3/c1-2-3-15-33-27(22-9-11-23(30)12-10-22)18-26(32-33)25-17-20(8-14-29(34)35)7-13-28(25)36-19-21-5-4-6-24(31)16-21/h4-7,9-13,16-18H,2-3,8,14-15,19H2,1H3,(H,34,35). The van der Waals surface area contributed by atoms with Crippen molar-refractivity contribution in [2.75, 3.05) is 0 Å². The summed E-state index contributed by atoms with van der Waals surface area (Å²) in [6.07, 6.45) is 2.53. The van der Waals surface area contributed by atoms with E-state index in [1.807, 2.05) is 71.4 Å². The molecule has 0 saturated carbocycles. The maximum absolute atomic E-state index is 11.1. The fourth-order valence-electron chi connectivity index (χ4n) is 3.98. The Balaban J connectivity index is 1.73. The number of nitrogens with zero attached hydrogens (tertiary/aromatic N) is 2. The Morgan fingerprint density at radius 1 is 0.972 bits per heavy atom. The van der Waals surface area contributed by atoms with E-state index in [1.165, 1.54) is 0 Å². The number of aromatic nitrogens is 2. The molecule has 1 heterocycles. The summed E-state index contributed by atoms with van der Waals surface area (Å²) in [5.74, 6) is -0.149. The minimum Gasteiger partial charge on any atom is -0.488 e. The molecule has 7 heteroatoms. The summed E-state index contributed by atoms with van der Waals surface area (Å²) in [4.78, 5) is 11.1. The van der Waals surface area contributed by atoms with E-state index in [0.29, 0.717) is 28.8 Å². The zero-order chi connectivity index (χ0) is 25.5. The van der Waals surface area contributed by atoms with E-state index in [9.17, 15) is 4.79 Å². The zero-order valence-corrected chi connectivity index (χ0v) is 21.6. The first kappa shape index (κ1) is 25.8. The lowest BCUT2D eigenvalue weighted by Gasteiger charge is -2.12. The molecule has 186 valence electrons. The predicted molar refractivity (Wildman–Crippen MR) is 145 cm³/mol. The number of hydrogen-bond donors (Lipinski definition) is 1. The summed E-state index contributed by atoms with van der Waals surface area (Å²) in [6, 6.07) is 23.1. The Bertz CT molecular complexity index is 1330. The van der Waals surface area contributed by atoms with Gasteiger partial charge < -0.3 is 9.84 Å². The summed E-state index contributed by atoms with van der Waals surface area (Å²) in [6.45, 7) is 3.29. The number of carbonyl (C=O) groups is 1. The Labute approximate surface area is 221 Å². The van der Waals surface area contributed by atoms with Crippen LogP contribution in [0.3, 0.4) is 0 Å². The van der Waals surface area contributed by atoms with Crippen LogP contribution in [-0.4, -0.2) is 20.9 Å². The molecule has 0 bridgehead atoms. The average Bonchev–Trinajstić information content (AvgIpc) is 3.29. The van der Waals surface area contributed by atoms with Crippen molar-refractivity contribution < 1.29 is 14.6 Å². The first-order valence-corrected chi connectivity index (χ1v) is 12.7. The zero-order valence-electron chi connectivity index (χ0n) is 20.1. The van der Waals surface area contributed by atoms with Crippen LogP contribution < -0.4 is 4.74 Å². The van der Waals surface area contributed by atoms with E-state index in [-0.39, 0.29) is 6.42 Å². The smallest absolute Gasteiger partial charge is 0.303 e. The van der Waals surface area contributed by atoms with Gasteiger partial charge in [0.25, 0.3) is 0 Å². The van der Waals surface area contributed by atoms with Crippen molar-refractivity contribution in [2.45, 2.75) is 45.8 Å². The molecule has 1 N–H and O–H groups in total. The molecule has 4 rings (SSSR count). The average molecular weight is 523 g/mol. The second-order valence-corrected chi connectivity index (χ2v) is 9.51. The fraction of sp³-hybridized carbons (Fsp3) is 0.241. The lowest BCUT2D eigenvalue weighted by Crippen LogP contribution is -2.03. The highest BCUT2D eigenvalue weighted by Crippen LogP contribution is 2.34. The van der Waals surface area contributed by atoms with Crippen LogP contribution in [-0.2, 0) is 24.4 Å². The first-order valence-electron chi connectivity index (χ1n) is 12.0. The second-order valence-electron chi connectivity index (χ2n) is 8.64. The van der Waals surface area contributed by atoms with Crippen molar-refractivity contribution >= 4 is 29.2 Å². The van der Waals surface area contributed by atoms with Crippen LogP contribution in [0.1, 0.15) is 37.3 Å². The molecule has 0 radical (unpaired) electrons. The SMILES string of the molecule is CCCCn1nc(-c2cc(CCC(=O)O)ccc2OCc2cccc(Cl)c2)cc1-c1ccc(Cl)cc1. The summed E-state index contributed by atoms with van der Waals surface area (Å²) < 4.78 is 8.24. The molecule has 0 aliphatic carbocycles. The molecule has 4 aromatic rings. The highest BCUT2D eigenvalue weighted by Gasteiger charge is 2.16. The Hall–Kier alpha value is -3.28. The van der Waals surface area contributed by atoms with Gasteiger partial charge in [0.15, 0.2) is 0 Å². The number of unbranched alkanes of at least 4 members (excludes halogenated alkanes) is 1. The molecule has 36 heavy (non-hydrogen) atoms. The number of halogens is 2. The Morgan fingerprint density at radius 2 is 1.78 bits per heavy atom. The van der Waals surface area contributed by atoms with E-state index in [0.717, 1.165) is 53.0 Å². The van der Waals surface area contributed by atoms with Crippen molar-refractivity contribution in [3.05, 3.63) is 94.0 Å². The summed E-state index contributed by atoms with van der Waals surface area (Å²) in [7, 11) is 0. The summed E-state index contributed by atoms with van der Waals surface area (Å²) in [5, 5.41) is 15.4. The highest BCUT2D eigenvalue weighted by molar-refractivity contribution is 6.30. The summed E-state index contributed by atoms with van der Waals surface area (Å²) >= 11 is 12.3. The van der Waals surface area contributed by atoms with Gasteiger partial charge in [-0.05, 0) is 72.0 Å². The molecule has 0 spiro atoms. The fourth-order valence-corrected chi connectivity index (χ4v) is 4.32. The summed E-state index contributed by atoms with van der Waals surface area (Å²) in [5.41, 5.74) is 5.49. The first-order chi connectivity index (χ1) is 17.4. The van der Waals surface area contributed by atoms with Crippen LogP contribution >= 0.6 is 23.2 Å². The molecule has 1 aromatic heterocycles. The Morgan fingerprint density at radius 3 is 2.50 bits per heavy atom. The molecule has 0 aliphatic rings. The number of benzene rings is 3. The van der Waals surface area contributed by atoms with Crippen molar-refractivity contribution in [2.24, 2.45) is 0 Å². The van der Waals surface area contributed by atoms with Gasteiger partial charge in [-0.1, -0.05) is 66.9 Å². The van der Waals surface area contributed by atoms with Gasteiger partial charge in [0.2, 0.25) is 0 Å². The Kier molecular flexibility index (Phi) is 8.68. The van der Waals surface area contributed by atoms with E-state index < -0.39 is 5.97 Å². The monoisotopic (exact) mass is 522 g/mol. The number of rotatable bonds is 11. The van der Waals surface area contributed by atoms with Gasteiger partial charge in [-0.2, -0.15) is 5.10 Å². The molecule has 0 aliphatic heterocycles. The topological polar surface area (TPSA) is 64.4 Å². The highest BCUT2D eigenvalue weighted by atomic mass is 35.5. The molecular formula is C29H28Cl2N2O3. The van der Waals surface area contributed by atoms with Gasteiger partial charge in [0, 0.05) is 28.6 Å². The van der Waals surface area contributed by atoms with Gasteiger partial charge in [-0.15, -0.1) is 0 Å². The van der Waals surface area contributed by atoms with Crippen molar-refractivity contribution in [3.8, 4) is 28.3 Å². The van der Waals surface area contributed by atoms with Crippen molar-refractivity contribution in [3.63, 3.8) is 0 Å². The van der Waals surface area contributed by atoms with Gasteiger partial charge in [-0.25, -0.2) is 0 Å². The quantitative estimate of drug-likeness (QED) is 0.217. The molecule has 0 saturated heterocycles. The third kappa shape index (κ3) is 6.68. The number of aliphatic carboxylic acids is 1. The molecule has 0 unspecified atom stereocenters. The third-order valence-electron chi connectivity index (χ3n) is 5.87. The maximum Gasteiger partial charge on any atom is 0.303 e. The lowest BCUT2D eigenvalue weighted by atomic mass is 10.0. The van der Waals surface area contributed by atoms with E-state index in [4.69, 9.17) is 38.1 Å². The van der Waals surface area contributed by atoms with Crippen molar-refractivity contribution in [1.29, 1.82) is 0 Å². The minimum absolute atomic E-state index is 0.0587. The van der Waals surface area contributed by atoms with Crippen LogP contribution in [0.2, 0.25) is 10.0 Å². The van der Waals surface area contributed by atoms with Crippen molar-refractivity contribution in [1.82, 2.24) is 9.78 Å². The third-order valence-corrected chi connectivity index (χ3v) is 6.36. The molecule has 0 amide bonds. The minimum atomic E-state index is -0.827. The number of aryl methyl sites for hydroxylation is 2. The van der Waals surface area contributed by atoms with Crippen LogP contribution in [0.15, 0.2) is 72.8 Å². The molecule has 0 fully saturated rings. The van der Waals surface area contributed by atoms with Gasteiger partial charge >= 0.3 is 5.97 Å². The van der Waals surface area contributed by atoms with Gasteiger partial charge in [0.1, 0.15) is 12.4 Å². The van der Waals surface area contributed by atoms with Crippen LogP contribution in [0.4, 0.5) is 0 Å². The van der Waals surface area contributed by atoms with Crippen LogP contribution in [0, 0.1) is 0 Å². The predicted octanol–water partition coefficient (Wildman–Crippen LogP) is 7.92. The van der Waals surface area contributed by atoms with E-state index >= 15 is 0 Å². The van der Waals surface area contributed by atoms with E-state index in [2.05, 4.69) is 13.0 Å². The van der Waals surface area contributed by atoms with E-state index in [1.54, 1.807) is 0 Å². The normalized spacial score (nSPS) is 11.0. The molecule has 3 aromatic carbocycles. The van der Waals surface area contributed by atoms with Crippen LogP contribution in [0.5, 0.6) is 5.75 Å². The number of carboxylic acids is 1. The molecule has 0 atom stereocenters. The van der Waals surface area contributed by atoms with Crippen LogP contribution in [0.25, 0.3) is 22.5 Å². The second kappa shape index (κ2) is 12.1. The molecular weight excluding hydrogens is 495 g/mol. The van der Waals surface area contributed by atoms with Gasteiger partial charge in [0.05, 0.1) is 11.4 Å². The lowest BCUT2D eigenvalue weighted by molar-refractivity contribution is -0.136. The number of ether oxygens (including phenoxy) is 1. The molecule has 5 nitrogen and oxygen atoms in total. The maximum atomic E-state index is 11.1. The van der Waals surface area contributed by atoms with Gasteiger partial charge in [-0.3, -0.25) is 9.48 Å².